The van der Waals surface area contributed by atoms with E-state index in [1.165, 1.54) is 14.2 Å². The van der Waals surface area contributed by atoms with E-state index in [0.717, 1.165) is 26.2 Å². The molecule has 0 aliphatic carbocycles. The molecule has 0 aromatic carbocycles. The van der Waals surface area contributed by atoms with Gasteiger partial charge in [-0.3, -0.25) is 4.90 Å². The molecule has 1 aliphatic rings. The lowest BCUT2D eigenvalue weighted by molar-refractivity contribution is 0.237. The zero-order chi connectivity index (χ0) is 15.4. The molecule has 0 spiro atoms. The van der Waals surface area contributed by atoms with Gasteiger partial charge in [0.1, 0.15) is 0 Å². The number of thiocarbonyl (C=S) groups is 1. The van der Waals surface area contributed by atoms with Gasteiger partial charge in [0, 0.05) is 26.2 Å². The lowest BCUT2D eigenvalue weighted by atomic mass is 10.2. The summed E-state index contributed by atoms with van der Waals surface area (Å²) in [6, 6.07) is 0.594. The molecular formula is C12H20N6O2S. The number of nitrogens with two attached hydrogens (primary N) is 1. The molecule has 1 aromatic heterocycles. The van der Waals surface area contributed by atoms with Crippen molar-refractivity contribution in [2.45, 2.75) is 13.0 Å². The monoisotopic (exact) mass is 312 g/mol. The standard InChI is InChI=1S/C12H20N6O2S/c1-8(9(13)21)17-4-6-18(7-5-17)10-14-11(19-2)16-12(15-10)20-3/h8H,4-7H2,1-3H3,(H2,13,21). The predicted molar refractivity (Wildman–Crippen MR) is 83.0 cm³/mol. The van der Waals surface area contributed by atoms with Crippen LogP contribution in [0.25, 0.3) is 0 Å². The normalized spacial score (nSPS) is 17.4. The van der Waals surface area contributed by atoms with Gasteiger partial charge in [-0.15, -0.1) is 4.98 Å². The van der Waals surface area contributed by atoms with E-state index in [9.17, 15) is 0 Å². The largest absolute Gasteiger partial charge is 0.467 e. The minimum atomic E-state index is 0.101. The van der Waals surface area contributed by atoms with Crippen molar-refractivity contribution in [2.24, 2.45) is 5.73 Å². The summed E-state index contributed by atoms with van der Waals surface area (Å²) in [6.07, 6.45) is 0. The Kier molecular flexibility index (Phi) is 5.07. The molecule has 116 valence electrons. The van der Waals surface area contributed by atoms with Crippen molar-refractivity contribution in [1.29, 1.82) is 0 Å². The van der Waals surface area contributed by atoms with Crippen molar-refractivity contribution in [3.63, 3.8) is 0 Å². The minimum Gasteiger partial charge on any atom is -0.467 e. The maximum Gasteiger partial charge on any atom is 0.324 e. The molecule has 2 heterocycles. The van der Waals surface area contributed by atoms with E-state index in [-0.39, 0.29) is 18.1 Å². The first kappa shape index (κ1) is 15.6. The molecule has 0 bridgehead atoms. The lowest BCUT2D eigenvalue weighted by Gasteiger charge is -2.37. The maximum absolute atomic E-state index is 5.70. The third-order valence-corrected chi connectivity index (χ3v) is 3.85. The smallest absolute Gasteiger partial charge is 0.324 e. The van der Waals surface area contributed by atoms with Crippen LogP contribution in [0.2, 0.25) is 0 Å². The number of nitrogens with zero attached hydrogens (tertiary/aromatic N) is 5. The molecule has 1 atom stereocenters. The summed E-state index contributed by atoms with van der Waals surface area (Å²) in [5, 5.41) is 0. The molecule has 21 heavy (non-hydrogen) atoms. The van der Waals surface area contributed by atoms with Gasteiger partial charge in [-0.05, 0) is 6.92 Å². The number of rotatable bonds is 5. The van der Waals surface area contributed by atoms with Crippen LogP contribution in [0.15, 0.2) is 0 Å². The van der Waals surface area contributed by atoms with Crippen LogP contribution in [-0.4, -0.2) is 71.3 Å². The van der Waals surface area contributed by atoms with Gasteiger partial charge in [-0.1, -0.05) is 12.2 Å². The van der Waals surface area contributed by atoms with Crippen LogP contribution < -0.4 is 20.1 Å². The van der Waals surface area contributed by atoms with E-state index in [4.69, 9.17) is 27.4 Å². The van der Waals surface area contributed by atoms with Crippen LogP contribution in [-0.2, 0) is 0 Å². The second kappa shape index (κ2) is 6.81. The lowest BCUT2D eigenvalue weighted by Crippen LogP contribution is -2.53. The molecular weight excluding hydrogens is 292 g/mol. The summed E-state index contributed by atoms with van der Waals surface area (Å²) in [5.74, 6) is 0.557. The number of ether oxygens (including phenoxy) is 2. The molecule has 1 aromatic rings. The van der Waals surface area contributed by atoms with Crippen molar-refractivity contribution >= 4 is 23.2 Å². The Labute approximate surface area is 129 Å². The van der Waals surface area contributed by atoms with E-state index in [1.54, 1.807) is 0 Å². The number of hydrogen-bond donors (Lipinski definition) is 1. The number of hydrogen-bond acceptors (Lipinski definition) is 8. The molecule has 0 radical (unpaired) electrons. The fraction of sp³-hybridized carbons (Fsp3) is 0.667. The first-order valence-corrected chi connectivity index (χ1v) is 7.08. The highest BCUT2D eigenvalue weighted by atomic mass is 32.1. The Bertz CT molecular complexity index is 484. The van der Waals surface area contributed by atoms with Crippen molar-refractivity contribution in [1.82, 2.24) is 19.9 Å². The Morgan fingerprint density at radius 3 is 2.05 bits per heavy atom. The second-order valence-corrected chi connectivity index (χ2v) is 5.18. The summed E-state index contributed by atoms with van der Waals surface area (Å²) in [6.45, 7) is 5.27. The SMILES string of the molecule is COc1nc(OC)nc(N2CCN(C(C)C(N)=S)CC2)n1. The van der Waals surface area contributed by atoms with Gasteiger partial charge in [0.25, 0.3) is 0 Å². The average molecular weight is 312 g/mol. The summed E-state index contributed by atoms with van der Waals surface area (Å²) < 4.78 is 10.1. The highest BCUT2D eigenvalue weighted by Gasteiger charge is 2.24. The van der Waals surface area contributed by atoms with Crippen LogP contribution in [0, 0.1) is 0 Å². The van der Waals surface area contributed by atoms with E-state index < -0.39 is 0 Å². The van der Waals surface area contributed by atoms with E-state index >= 15 is 0 Å². The van der Waals surface area contributed by atoms with Crippen LogP contribution >= 0.6 is 12.2 Å². The van der Waals surface area contributed by atoms with Crippen molar-refractivity contribution in [3.05, 3.63) is 0 Å². The third-order valence-electron chi connectivity index (χ3n) is 3.50. The van der Waals surface area contributed by atoms with Crippen molar-refractivity contribution in [2.75, 3.05) is 45.3 Å². The van der Waals surface area contributed by atoms with Gasteiger partial charge in [0.15, 0.2) is 0 Å². The van der Waals surface area contributed by atoms with Crippen LogP contribution in [0.1, 0.15) is 6.92 Å². The van der Waals surface area contributed by atoms with E-state index in [1.807, 2.05) is 6.92 Å². The highest BCUT2D eigenvalue weighted by molar-refractivity contribution is 7.80. The molecule has 1 fully saturated rings. The zero-order valence-electron chi connectivity index (χ0n) is 12.4. The van der Waals surface area contributed by atoms with Gasteiger partial charge >= 0.3 is 12.0 Å². The fourth-order valence-electron chi connectivity index (χ4n) is 2.14. The van der Waals surface area contributed by atoms with Crippen molar-refractivity contribution in [3.8, 4) is 12.0 Å². The number of piperazine rings is 1. The second-order valence-electron chi connectivity index (χ2n) is 4.71. The quantitative estimate of drug-likeness (QED) is 0.735. The molecule has 0 amide bonds. The predicted octanol–water partition coefficient (Wildman–Crippen LogP) is -0.315. The number of aromatic nitrogens is 3. The number of anilines is 1. The van der Waals surface area contributed by atoms with Gasteiger partial charge in [0.2, 0.25) is 5.95 Å². The summed E-state index contributed by atoms with van der Waals surface area (Å²) in [5.41, 5.74) is 5.70. The Hall–Kier alpha value is -1.74. The molecule has 1 unspecified atom stereocenters. The Morgan fingerprint density at radius 1 is 1.10 bits per heavy atom. The Morgan fingerprint density at radius 2 is 1.62 bits per heavy atom. The third kappa shape index (κ3) is 3.67. The van der Waals surface area contributed by atoms with Gasteiger partial charge in [0.05, 0.1) is 25.2 Å². The molecule has 2 rings (SSSR count). The first-order valence-electron chi connectivity index (χ1n) is 6.67. The van der Waals surface area contributed by atoms with Gasteiger partial charge in [-0.25, -0.2) is 0 Å². The zero-order valence-corrected chi connectivity index (χ0v) is 13.3. The summed E-state index contributed by atoms with van der Waals surface area (Å²) >= 11 is 5.04. The molecule has 9 heteroatoms. The van der Waals surface area contributed by atoms with Crippen molar-refractivity contribution < 1.29 is 9.47 Å². The molecule has 0 saturated carbocycles. The molecule has 1 saturated heterocycles. The highest BCUT2D eigenvalue weighted by Crippen LogP contribution is 2.18. The van der Waals surface area contributed by atoms with Crippen LogP contribution in [0.4, 0.5) is 5.95 Å². The first-order chi connectivity index (χ1) is 10.0. The maximum atomic E-state index is 5.70. The van der Waals surface area contributed by atoms with E-state index in [2.05, 4.69) is 24.8 Å². The fourth-order valence-corrected chi connectivity index (χ4v) is 2.29. The Balaban J connectivity index is 2.06. The molecule has 2 N–H and O–H groups in total. The number of methoxy groups -OCH3 is 2. The summed E-state index contributed by atoms with van der Waals surface area (Å²) in [7, 11) is 3.03. The topological polar surface area (TPSA) is 89.6 Å². The summed E-state index contributed by atoms with van der Waals surface area (Å²) in [4.78, 5) is 17.3. The molecule has 8 nitrogen and oxygen atoms in total. The van der Waals surface area contributed by atoms with Gasteiger partial charge < -0.3 is 20.1 Å². The van der Waals surface area contributed by atoms with E-state index in [0.29, 0.717) is 10.9 Å². The average Bonchev–Trinajstić information content (AvgIpc) is 2.53. The van der Waals surface area contributed by atoms with Gasteiger partial charge in [-0.2, -0.15) is 9.97 Å². The van der Waals surface area contributed by atoms with Crippen LogP contribution in [0.5, 0.6) is 12.0 Å². The molecule has 1 aliphatic heterocycles. The minimum absolute atomic E-state index is 0.101. The van der Waals surface area contributed by atoms with Crippen LogP contribution in [0.3, 0.4) is 0 Å².